The fourth-order valence-corrected chi connectivity index (χ4v) is 2.74. The molecule has 2 heterocycles. The molecule has 1 saturated heterocycles. The predicted octanol–water partition coefficient (Wildman–Crippen LogP) is 3.24. The molecular weight excluding hydrogens is 333 g/mol. The van der Waals surface area contributed by atoms with Crippen molar-refractivity contribution in [3.8, 4) is 0 Å². The van der Waals surface area contributed by atoms with Crippen molar-refractivity contribution in [2.24, 2.45) is 0 Å². The third-order valence-corrected chi connectivity index (χ3v) is 4.02. The number of aromatic nitrogens is 1. The number of pyridine rings is 1. The molecule has 0 saturated carbocycles. The molecule has 1 aliphatic rings. The van der Waals surface area contributed by atoms with Crippen molar-refractivity contribution in [1.82, 2.24) is 9.88 Å². The Balaban J connectivity index is 1.97. The second-order valence-electron chi connectivity index (χ2n) is 5.86. The van der Waals surface area contributed by atoms with Gasteiger partial charge in [0.15, 0.2) is 0 Å². The van der Waals surface area contributed by atoms with E-state index in [1.54, 1.807) is 23.2 Å². The average molecular weight is 350 g/mol. The Morgan fingerprint density at radius 2 is 2.12 bits per heavy atom. The van der Waals surface area contributed by atoms with Crippen molar-refractivity contribution in [1.29, 1.82) is 5.41 Å². The molecule has 0 bridgehead atoms. The van der Waals surface area contributed by atoms with Crippen LogP contribution in [0, 0.1) is 5.41 Å². The van der Waals surface area contributed by atoms with Gasteiger partial charge in [-0.15, -0.1) is 0 Å². The summed E-state index contributed by atoms with van der Waals surface area (Å²) in [6, 6.07) is 6.58. The molecule has 5 nitrogen and oxygen atoms in total. The zero-order valence-electron chi connectivity index (χ0n) is 13.2. The van der Waals surface area contributed by atoms with Crippen LogP contribution in [0.1, 0.15) is 17.5 Å². The number of aliphatic hydroxyl groups excluding tert-OH is 1. The second-order valence-corrected chi connectivity index (χ2v) is 5.86. The SMILES string of the molecule is N=C(c1ccc(C(F)(F)F)cc1Nc1cccnc1)N1CC[C@@H](O)C1. The van der Waals surface area contributed by atoms with Gasteiger partial charge in [-0.25, -0.2) is 0 Å². The lowest BCUT2D eigenvalue weighted by molar-refractivity contribution is -0.137. The van der Waals surface area contributed by atoms with E-state index in [-0.39, 0.29) is 11.5 Å². The predicted molar refractivity (Wildman–Crippen MR) is 88.0 cm³/mol. The lowest BCUT2D eigenvalue weighted by atomic mass is 10.1. The Labute approximate surface area is 142 Å². The van der Waals surface area contributed by atoms with Gasteiger partial charge in [0.25, 0.3) is 0 Å². The average Bonchev–Trinajstić information content (AvgIpc) is 3.01. The van der Waals surface area contributed by atoms with E-state index in [4.69, 9.17) is 5.41 Å². The lowest BCUT2D eigenvalue weighted by Gasteiger charge is -2.22. The topological polar surface area (TPSA) is 72.2 Å². The zero-order chi connectivity index (χ0) is 18.0. The summed E-state index contributed by atoms with van der Waals surface area (Å²) in [5.74, 6) is 0.0802. The van der Waals surface area contributed by atoms with Crippen molar-refractivity contribution >= 4 is 17.2 Å². The number of nitrogens with zero attached hydrogens (tertiary/aromatic N) is 2. The number of β-amino-alcohol motifs (C(OH)–C–C–N with tert-alkyl or cyclic N) is 1. The van der Waals surface area contributed by atoms with Gasteiger partial charge >= 0.3 is 6.18 Å². The minimum Gasteiger partial charge on any atom is -0.391 e. The van der Waals surface area contributed by atoms with Crippen LogP contribution in [-0.4, -0.2) is 40.0 Å². The van der Waals surface area contributed by atoms with Gasteiger partial charge in [0.05, 0.1) is 29.2 Å². The van der Waals surface area contributed by atoms with E-state index in [0.29, 0.717) is 30.8 Å². The molecular formula is C17H17F3N4O. The van der Waals surface area contributed by atoms with E-state index in [0.717, 1.165) is 12.1 Å². The molecule has 1 aromatic carbocycles. The highest BCUT2D eigenvalue weighted by Crippen LogP contribution is 2.34. The number of benzene rings is 1. The maximum Gasteiger partial charge on any atom is 0.416 e. The first-order chi connectivity index (χ1) is 11.8. The van der Waals surface area contributed by atoms with E-state index >= 15 is 0 Å². The van der Waals surface area contributed by atoms with Gasteiger partial charge in [0.1, 0.15) is 5.84 Å². The van der Waals surface area contributed by atoms with Crippen molar-refractivity contribution in [3.05, 3.63) is 53.9 Å². The van der Waals surface area contributed by atoms with E-state index in [9.17, 15) is 18.3 Å². The van der Waals surface area contributed by atoms with Crippen LogP contribution in [0.5, 0.6) is 0 Å². The van der Waals surface area contributed by atoms with Crippen LogP contribution in [0.15, 0.2) is 42.7 Å². The number of hydrogen-bond donors (Lipinski definition) is 3. The third-order valence-electron chi connectivity index (χ3n) is 4.02. The van der Waals surface area contributed by atoms with Gasteiger partial charge in [-0.2, -0.15) is 13.2 Å². The number of alkyl halides is 3. The highest BCUT2D eigenvalue weighted by molar-refractivity contribution is 6.02. The molecule has 1 fully saturated rings. The normalized spacial score (nSPS) is 17.6. The number of anilines is 2. The molecule has 0 unspecified atom stereocenters. The van der Waals surface area contributed by atoms with E-state index < -0.39 is 17.8 Å². The summed E-state index contributed by atoms with van der Waals surface area (Å²) in [6.45, 7) is 0.791. The van der Waals surface area contributed by atoms with Crippen LogP contribution in [0.4, 0.5) is 24.5 Å². The minimum atomic E-state index is -4.48. The Bertz CT molecular complexity index is 764. The summed E-state index contributed by atoms with van der Waals surface area (Å²) in [5.41, 5.74) is 0.245. The number of nitrogens with one attached hydrogen (secondary N) is 2. The molecule has 3 rings (SSSR count). The Morgan fingerprint density at radius 3 is 2.72 bits per heavy atom. The van der Waals surface area contributed by atoms with Crippen molar-refractivity contribution in [3.63, 3.8) is 0 Å². The molecule has 132 valence electrons. The van der Waals surface area contributed by atoms with E-state index in [1.165, 1.54) is 12.3 Å². The highest BCUT2D eigenvalue weighted by Gasteiger charge is 2.32. The maximum atomic E-state index is 13.1. The number of halogens is 3. The number of likely N-dealkylation sites (tertiary alicyclic amines) is 1. The van der Waals surface area contributed by atoms with Gasteiger partial charge in [-0.05, 0) is 36.8 Å². The highest BCUT2D eigenvalue weighted by atomic mass is 19.4. The van der Waals surface area contributed by atoms with Crippen molar-refractivity contribution in [2.75, 3.05) is 18.4 Å². The fraction of sp³-hybridized carbons (Fsp3) is 0.294. The Morgan fingerprint density at radius 1 is 1.32 bits per heavy atom. The summed E-state index contributed by atoms with van der Waals surface area (Å²) >= 11 is 0. The van der Waals surface area contributed by atoms with E-state index in [2.05, 4.69) is 10.3 Å². The van der Waals surface area contributed by atoms with Gasteiger partial charge in [-0.1, -0.05) is 0 Å². The number of amidine groups is 1. The minimum absolute atomic E-state index is 0.0802. The molecule has 25 heavy (non-hydrogen) atoms. The summed E-state index contributed by atoms with van der Waals surface area (Å²) in [5, 5.41) is 20.9. The first-order valence-electron chi connectivity index (χ1n) is 7.75. The third kappa shape index (κ3) is 3.90. The fourth-order valence-electron chi connectivity index (χ4n) is 2.74. The molecule has 0 radical (unpaired) electrons. The first kappa shape index (κ1) is 17.2. The van der Waals surface area contributed by atoms with Crippen LogP contribution in [0.2, 0.25) is 0 Å². The molecule has 1 atom stereocenters. The molecule has 1 aliphatic heterocycles. The maximum absolute atomic E-state index is 13.1. The Kier molecular flexibility index (Phi) is 4.63. The van der Waals surface area contributed by atoms with E-state index in [1.807, 2.05) is 0 Å². The number of rotatable bonds is 3. The van der Waals surface area contributed by atoms with Crippen LogP contribution < -0.4 is 5.32 Å². The van der Waals surface area contributed by atoms with Gasteiger partial charge in [-0.3, -0.25) is 10.4 Å². The molecule has 0 aliphatic carbocycles. The zero-order valence-corrected chi connectivity index (χ0v) is 13.2. The van der Waals surface area contributed by atoms with Crippen molar-refractivity contribution in [2.45, 2.75) is 18.7 Å². The first-order valence-corrected chi connectivity index (χ1v) is 7.75. The molecule has 8 heteroatoms. The molecule has 0 spiro atoms. The summed E-state index contributed by atoms with van der Waals surface area (Å²) in [7, 11) is 0. The lowest BCUT2D eigenvalue weighted by Crippen LogP contribution is -2.30. The van der Waals surface area contributed by atoms with Gasteiger partial charge < -0.3 is 15.3 Å². The van der Waals surface area contributed by atoms with Gasteiger partial charge in [0, 0.05) is 24.8 Å². The summed E-state index contributed by atoms with van der Waals surface area (Å²) < 4.78 is 39.2. The molecule has 3 N–H and O–H groups in total. The number of aliphatic hydroxyl groups is 1. The monoisotopic (exact) mass is 350 g/mol. The molecule has 0 amide bonds. The standard InChI is InChI=1S/C17H17F3N4O/c18-17(19,20)11-3-4-14(16(21)24-7-5-13(25)10-24)15(8-11)23-12-2-1-6-22-9-12/h1-4,6,8-9,13,21,23,25H,5,7,10H2/t13-/m1/s1. The van der Waals surface area contributed by atoms with Crippen LogP contribution >= 0.6 is 0 Å². The smallest absolute Gasteiger partial charge is 0.391 e. The molecule has 1 aromatic heterocycles. The van der Waals surface area contributed by atoms with Crippen LogP contribution in [0.3, 0.4) is 0 Å². The summed E-state index contributed by atoms with van der Waals surface area (Å²) in [6.07, 6.45) is -1.41. The quantitative estimate of drug-likeness (QED) is 0.587. The van der Waals surface area contributed by atoms with Crippen LogP contribution in [0.25, 0.3) is 0 Å². The van der Waals surface area contributed by atoms with Crippen molar-refractivity contribution < 1.29 is 18.3 Å². The summed E-state index contributed by atoms with van der Waals surface area (Å²) in [4.78, 5) is 5.59. The molecule has 2 aromatic rings. The second kappa shape index (κ2) is 6.72. The van der Waals surface area contributed by atoms with Crippen LogP contribution in [-0.2, 0) is 6.18 Å². The van der Waals surface area contributed by atoms with Gasteiger partial charge in [0.2, 0.25) is 0 Å². The number of hydrogen-bond acceptors (Lipinski definition) is 4. The Hall–Kier alpha value is -2.61. The largest absolute Gasteiger partial charge is 0.416 e.